The third-order valence-electron chi connectivity index (χ3n) is 2.54. The summed E-state index contributed by atoms with van der Waals surface area (Å²) in [7, 11) is 1.85. The van der Waals surface area contributed by atoms with Crippen molar-refractivity contribution in [1.29, 1.82) is 0 Å². The maximum absolute atomic E-state index is 11.9. The lowest BCUT2D eigenvalue weighted by atomic mass is 10.1. The van der Waals surface area contributed by atoms with E-state index in [1.807, 2.05) is 7.05 Å². The van der Waals surface area contributed by atoms with E-state index in [2.05, 4.69) is 44.5 Å². The Hall–Kier alpha value is -0.870. The average molecular weight is 254 g/mol. The Bertz CT molecular complexity index is 379. The van der Waals surface area contributed by atoms with E-state index < -0.39 is 0 Å². The highest BCUT2D eigenvalue weighted by atomic mass is 32.1. The lowest BCUT2D eigenvalue weighted by Crippen LogP contribution is -2.43. The van der Waals surface area contributed by atoms with Crippen molar-refractivity contribution >= 4 is 17.2 Å². The van der Waals surface area contributed by atoms with Crippen LogP contribution in [-0.4, -0.2) is 29.9 Å². The largest absolute Gasteiger partial charge is 0.340 e. The molecule has 0 saturated carbocycles. The Morgan fingerprint density at radius 3 is 2.59 bits per heavy atom. The van der Waals surface area contributed by atoms with Gasteiger partial charge in [0, 0.05) is 17.5 Å². The molecule has 0 spiro atoms. The molecule has 0 aliphatic rings. The summed E-state index contributed by atoms with van der Waals surface area (Å²) >= 11 is 1.70. The molecule has 0 atom stereocenters. The summed E-state index contributed by atoms with van der Waals surface area (Å²) in [5.41, 5.74) is 1.24. The fourth-order valence-electron chi connectivity index (χ4n) is 1.35. The van der Waals surface area contributed by atoms with E-state index in [1.54, 1.807) is 16.2 Å². The van der Waals surface area contributed by atoms with Gasteiger partial charge < -0.3 is 10.2 Å². The average Bonchev–Trinajstić information content (AvgIpc) is 2.59. The molecule has 0 saturated heterocycles. The minimum atomic E-state index is -0.0185. The van der Waals surface area contributed by atoms with Crippen molar-refractivity contribution in [2.45, 2.75) is 39.8 Å². The van der Waals surface area contributed by atoms with Gasteiger partial charge in [-0.05, 0) is 44.7 Å². The molecule has 17 heavy (non-hydrogen) atoms. The van der Waals surface area contributed by atoms with Gasteiger partial charge in [-0.1, -0.05) is 0 Å². The van der Waals surface area contributed by atoms with Crippen molar-refractivity contribution in [1.82, 2.24) is 10.2 Å². The molecule has 1 aromatic heterocycles. The first kappa shape index (κ1) is 14.2. The molecular weight excluding hydrogens is 232 g/mol. The highest BCUT2D eigenvalue weighted by molar-refractivity contribution is 7.10. The lowest BCUT2D eigenvalue weighted by Gasteiger charge is -2.23. The third-order valence-corrected chi connectivity index (χ3v) is 3.55. The van der Waals surface area contributed by atoms with Crippen LogP contribution in [0.15, 0.2) is 11.4 Å². The second-order valence-electron chi connectivity index (χ2n) is 5.38. The molecule has 0 aromatic carbocycles. The monoisotopic (exact) mass is 254 g/mol. The number of carbonyl (C=O) groups is 1. The Kier molecular flexibility index (Phi) is 4.71. The molecule has 1 N–H and O–H groups in total. The Morgan fingerprint density at radius 1 is 1.47 bits per heavy atom. The van der Waals surface area contributed by atoms with E-state index in [9.17, 15) is 4.79 Å². The summed E-state index contributed by atoms with van der Waals surface area (Å²) < 4.78 is 0. The van der Waals surface area contributed by atoms with Crippen LogP contribution in [0, 0.1) is 6.92 Å². The topological polar surface area (TPSA) is 32.3 Å². The van der Waals surface area contributed by atoms with Crippen molar-refractivity contribution in [3.05, 3.63) is 21.9 Å². The molecule has 0 bridgehead atoms. The number of nitrogens with zero attached hydrogens (tertiary/aromatic N) is 1. The van der Waals surface area contributed by atoms with Crippen LogP contribution in [0.2, 0.25) is 0 Å². The van der Waals surface area contributed by atoms with Crippen molar-refractivity contribution in [2.75, 3.05) is 13.6 Å². The predicted molar refractivity (Wildman–Crippen MR) is 73.3 cm³/mol. The van der Waals surface area contributed by atoms with Gasteiger partial charge >= 0.3 is 0 Å². The number of likely N-dealkylation sites (N-methyl/N-ethyl adjacent to an activating group) is 1. The summed E-state index contributed by atoms with van der Waals surface area (Å²) in [6.45, 7) is 9.35. The molecule has 0 aliphatic carbocycles. The molecule has 4 heteroatoms. The van der Waals surface area contributed by atoms with Crippen LogP contribution in [0.1, 0.15) is 31.2 Å². The zero-order chi connectivity index (χ0) is 13.1. The molecule has 0 radical (unpaired) electrons. The molecule has 0 unspecified atom stereocenters. The highest BCUT2D eigenvalue weighted by Crippen LogP contribution is 2.17. The normalized spacial score (nSPS) is 11.6. The van der Waals surface area contributed by atoms with Gasteiger partial charge in [-0.15, -0.1) is 11.3 Å². The third kappa shape index (κ3) is 4.88. The number of amides is 1. The van der Waals surface area contributed by atoms with E-state index in [0.29, 0.717) is 13.1 Å². The van der Waals surface area contributed by atoms with Crippen molar-refractivity contribution in [3.8, 4) is 0 Å². The van der Waals surface area contributed by atoms with Crippen LogP contribution in [0.5, 0.6) is 0 Å². The maximum Gasteiger partial charge on any atom is 0.236 e. The molecular formula is C13H22N2OS. The van der Waals surface area contributed by atoms with Crippen LogP contribution in [-0.2, 0) is 11.3 Å². The number of carbonyl (C=O) groups excluding carboxylic acids is 1. The van der Waals surface area contributed by atoms with Crippen molar-refractivity contribution < 1.29 is 4.79 Å². The van der Waals surface area contributed by atoms with E-state index in [0.717, 1.165) is 0 Å². The van der Waals surface area contributed by atoms with Gasteiger partial charge in [0.15, 0.2) is 0 Å². The molecule has 1 heterocycles. The molecule has 1 rings (SSSR count). The van der Waals surface area contributed by atoms with E-state index in [1.165, 1.54) is 10.4 Å². The Balaban J connectivity index is 2.45. The van der Waals surface area contributed by atoms with Crippen LogP contribution in [0.4, 0.5) is 0 Å². The first-order chi connectivity index (χ1) is 7.79. The number of nitrogens with one attached hydrogen (secondary N) is 1. The number of thiophene rings is 1. The second-order valence-corrected chi connectivity index (χ2v) is 6.38. The first-order valence-corrected chi connectivity index (χ1v) is 6.69. The summed E-state index contributed by atoms with van der Waals surface area (Å²) in [5.74, 6) is 0.132. The highest BCUT2D eigenvalue weighted by Gasteiger charge is 2.15. The van der Waals surface area contributed by atoms with E-state index in [4.69, 9.17) is 0 Å². The first-order valence-electron chi connectivity index (χ1n) is 5.81. The predicted octanol–water partition coefficient (Wildman–Crippen LogP) is 2.40. The molecule has 3 nitrogen and oxygen atoms in total. The van der Waals surface area contributed by atoms with Crippen LogP contribution < -0.4 is 5.32 Å². The quantitative estimate of drug-likeness (QED) is 0.895. The summed E-state index contributed by atoms with van der Waals surface area (Å²) in [5, 5.41) is 5.27. The minimum Gasteiger partial charge on any atom is -0.340 e. The fraction of sp³-hybridized carbons (Fsp3) is 0.615. The van der Waals surface area contributed by atoms with Crippen LogP contribution in [0.25, 0.3) is 0 Å². The molecule has 0 aliphatic heterocycles. The van der Waals surface area contributed by atoms with Crippen LogP contribution >= 0.6 is 11.3 Å². The summed E-state index contributed by atoms with van der Waals surface area (Å²) in [6.07, 6.45) is 0. The molecule has 96 valence electrons. The van der Waals surface area contributed by atoms with Gasteiger partial charge in [0.05, 0.1) is 13.1 Å². The number of aryl methyl sites for hydroxylation is 1. The SMILES string of the molecule is Cc1ccsc1CN(C)C(=O)CNC(C)(C)C. The number of rotatable bonds is 4. The molecule has 1 aromatic rings. The van der Waals surface area contributed by atoms with Gasteiger partial charge in [-0.3, -0.25) is 4.79 Å². The summed E-state index contributed by atoms with van der Waals surface area (Å²) in [6, 6.07) is 2.09. The van der Waals surface area contributed by atoms with Gasteiger partial charge in [-0.25, -0.2) is 0 Å². The summed E-state index contributed by atoms with van der Waals surface area (Å²) in [4.78, 5) is 14.9. The lowest BCUT2D eigenvalue weighted by molar-refractivity contribution is -0.129. The van der Waals surface area contributed by atoms with Crippen molar-refractivity contribution in [3.63, 3.8) is 0 Å². The van der Waals surface area contributed by atoms with Gasteiger partial charge in [0.1, 0.15) is 0 Å². The van der Waals surface area contributed by atoms with Crippen molar-refractivity contribution in [2.24, 2.45) is 0 Å². The van der Waals surface area contributed by atoms with Crippen LogP contribution in [0.3, 0.4) is 0 Å². The smallest absolute Gasteiger partial charge is 0.236 e. The van der Waals surface area contributed by atoms with E-state index >= 15 is 0 Å². The van der Waals surface area contributed by atoms with Gasteiger partial charge in [-0.2, -0.15) is 0 Å². The fourth-order valence-corrected chi connectivity index (χ4v) is 2.30. The maximum atomic E-state index is 11.9. The standard InChI is InChI=1S/C13H22N2OS/c1-10-6-7-17-11(10)9-15(5)12(16)8-14-13(2,3)4/h6-7,14H,8-9H2,1-5H3. The Morgan fingerprint density at radius 2 is 2.12 bits per heavy atom. The zero-order valence-electron chi connectivity index (χ0n) is 11.3. The molecule has 1 amide bonds. The van der Waals surface area contributed by atoms with Gasteiger partial charge in [0.2, 0.25) is 5.91 Å². The minimum absolute atomic E-state index is 0.0185. The molecule has 0 fully saturated rings. The number of hydrogen-bond acceptors (Lipinski definition) is 3. The zero-order valence-corrected chi connectivity index (χ0v) is 12.1. The second kappa shape index (κ2) is 5.65. The van der Waals surface area contributed by atoms with E-state index in [-0.39, 0.29) is 11.4 Å². The Labute approximate surface area is 108 Å². The number of hydrogen-bond donors (Lipinski definition) is 1. The van der Waals surface area contributed by atoms with Gasteiger partial charge in [0.25, 0.3) is 0 Å².